The highest BCUT2D eigenvalue weighted by molar-refractivity contribution is 4.97. The van der Waals surface area contributed by atoms with Crippen molar-refractivity contribution in [1.82, 2.24) is 0 Å². The van der Waals surface area contributed by atoms with E-state index >= 15 is 0 Å². The molecule has 0 aliphatic heterocycles. The second-order valence-electron chi connectivity index (χ2n) is 15.7. The highest BCUT2D eigenvalue weighted by Gasteiger charge is 2.49. The maximum absolute atomic E-state index is 10.5. The Kier molecular flexibility index (Phi) is 30.6. The van der Waals surface area contributed by atoms with Gasteiger partial charge in [-0.3, -0.25) is 0 Å². The van der Waals surface area contributed by atoms with E-state index < -0.39 is 10.8 Å². The van der Waals surface area contributed by atoms with Crippen LogP contribution in [-0.2, 0) is 0 Å². The first kappa shape index (κ1) is 43.9. The van der Waals surface area contributed by atoms with Crippen LogP contribution in [0.15, 0.2) is 0 Å². The fourth-order valence-corrected chi connectivity index (χ4v) is 8.20. The minimum Gasteiger partial charge on any atom is -0.396 e. The van der Waals surface area contributed by atoms with Crippen LogP contribution in [-0.4, -0.2) is 46.9 Å². The van der Waals surface area contributed by atoms with Crippen LogP contribution in [0.4, 0.5) is 0 Å². The molecule has 4 nitrogen and oxygen atoms in total. The topological polar surface area (TPSA) is 80.9 Å². The lowest BCUT2D eigenvalue weighted by molar-refractivity contribution is -0.124. The van der Waals surface area contributed by atoms with Gasteiger partial charge in [-0.15, -0.1) is 0 Å². The average molecular weight is 653 g/mol. The molecule has 1 fully saturated rings. The quantitative estimate of drug-likeness (QED) is 0.244. The fraction of sp³-hybridized carbons (Fsp3) is 1.00. The largest absolute Gasteiger partial charge is 0.396 e. The summed E-state index contributed by atoms with van der Waals surface area (Å²) in [6.45, 7) is -0.704. The molecule has 0 spiro atoms. The molecule has 0 atom stereocenters. The van der Waals surface area contributed by atoms with Crippen LogP contribution >= 0.6 is 0 Å². The van der Waals surface area contributed by atoms with Crippen LogP contribution in [0.5, 0.6) is 0 Å². The minimum absolute atomic E-state index is 0.176. The van der Waals surface area contributed by atoms with E-state index in [2.05, 4.69) is 0 Å². The third-order valence-electron chi connectivity index (χ3n) is 11.9. The molecule has 0 radical (unpaired) electrons. The van der Waals surface area contributed by atoms with E-state index in [1.54, 1.807) is 0 Å². The van der Waals surface area contributed by atoms with E-state index in [9.17, 15) is 20.4 Å². The van der Waals surface area contributed by atoms with Gasteiger partial charge in [0.05, 0.1) is 26.4 Å². The standard InChI is InChI=1S/C42H84O4/c43-37-41(38-44)35-33-31-29-27-25-23-21-19-17-15-13-11-9-7-5-3-1-2-4-6-8-10-12-14-16-18-20-22-24-26-28-30-32-34-36-42(41,39-45)40-46/h43-46H,1-40H2. The molecule has 0 aromatic carbocycles. The highest BCUT2D eigenvalue weighted by Crippen LogP contribution is 2.46. The Hall–Kier alpha value is -0.160. The van der Waals surface area contributed by atoms with Crippen LogP contribution in [0, 0.1) is 10.8 Å². The van der Waals surface area contributed by atoms with E-state index in [4.69, 9.17) is 0 Å². The predicted molar refractivity (Wildman–Crippen MR) is 199 cm³/mol. The monoisotopic (exact) mass is 653 g/mol. The molecule has 0 heterocycles. The molecule has 276 valence electrons. The number of aliphatic hydroxyl groups excluding tert-OH is 4. The summed E-state index contributed by atoms with van der Waals surface area (Å²) in [7, 11) is 0. The van der Waals surface area contributed by atoms with Crippen molar-refractivity contribution in [3.63, 3.8) is 0 Å². The summed E-state index contributed by atoms with van der Waals surface area (Å²) in [4.78, 5) is 0. The lowest BCUT2D eigenvalue weighted by Crippen LogP contribution is -2.52. The van der Waals surface area contributed by atoms with Crippen molar-refractivity contribution >= 4 is 0 Å². The molecule has 0 aromatic heterocycles. The number of rotatable bonds is 4. The molecule has 0 bridgehead atoms. The van der Waals surface area contributed by atoms with Crippen molar-refractivity contribution in [2.24, 2.45) is 10.8 Å². The van der Waals surface area contributed by atoms with E-state index in [-0.39, 0.29) is 26.4 Å². The summed E-state index contributed by atoms with van der Waals surface area (Å²) < 4.78 is 0. The molecule has 46 heavy (non-hydrogen) atoms. The average Bonchev–Trinajstić information content (AvgIpc) is 3.08. The van der Waals surface area contributed by atoms with Gasteiger partial charge in [0, 0.05) is 10.8 Å². The van der Waals surface area contributed by atoms with Gasteiger partial charge in [0.15, 0.2) is 0 Å². The van der Waals surface area contributed by atoms with E-state index in [0.717, 1.165) is 25.7 Å². The Bertz CT molecular complexity index is 548. The Morgan fingerprint density at radius 3 is 0.413 bits per heavy atom. The first-order chi connectivity index (χ1) is 22.7. The first-order valence-electron chi connectivity index (χ1n) is 21.1. The SMILES string of the molecule is OCC1(CO)CCCCCCCCCCCCCCCCCCCCCCCCCCCCCCCCCCCCC1(CO)CO. The normalized spacial score (nSPS) is 24.3. The Morgan fingerprint density at radius 1 is 0.196 bits per heavy atom. The van der Waals surface area contributed by atoms with Gasteiger partial charge in [0.2, 0.25) is 0 Å². The first-order valence-corrected chi connectivity index (χ1v) is 21.1. The van der Waals surface area contributed by atoms with Gasteiger partial charge < -0.3 is 20.4 Å². The van der Waals surface area contributed by atoms with Gasteiger partial charge in [0.1, 0.15) is 0 Å². The van der Waals surface area contributed by atoms with Crippen molar-refractivity contribution in [1.29, 1.82) is 0 Å². The summed E-state index contributed by atoms with van der Waals surface area (Å²) in [6, 6.07) is 0. The third-order valence-corrected chi connectivity index (χ3v) is 11.9. The zero-order chi connectivity index (χ0) is 33.3. The summed E-state index contributed by atoms with van der Waals surface area (Å²) in [5.74, 6) is 0. The maximum atomic E-state index is 10.5. The zero-order valence-corrected chi connectivity index (χ0v) is 31.1. The molecule has 4 N–H and O–H groups in total. The smallest absolute Gasteiger partial charge is 0.0516 e. The molecule has 0 saturated heterocycles. The van der Waals surface area contributed by atoms with Crippen molar-refractivity contribution < 1.29 is 20.4 Å². The van der Waals surface area contributed by atoms with Gasteiger partial charge >= 0.3 is 0 Å². The van der Waals surface area contributed by atoms with Crippen molar-refractivity contribution in [2.75, 3.05) is 26.4 Å². The lowest BCUT2D eigenvalue weighted by Gasteiger charge is -2.47. The Labute approximate surface area is 288 Å². The number of aliphatic hydroxyl groups is 4. The van der Waals surface area contributed by atoms with Crippen LogP contribution in [0.3, 0.4) is 0 Å². The Balaban J connectivity index is 2.41. The molecule has 1 saturated carbocycles. The second-order valence-corrected chi connectivity index (χ2v) is 15.7. The number of hydrogen-bond donors (Lipinski definition) is 4. The van der Waals surface area contributed by atoms with E-state index in [1.165, 1.54) is 193 Å². The summed E-state index contributed by atoms with van der Waals surface area (Å²) in [6.07, 6.45) is 47.0. The Morgan fingerprint density at radius 2 is 0.304 bits per heavy atom. The minimum atomic E-state index is -0.815. The molecule has 0 unspecified atom stereocenters. The highest BCUT2D eigenvalue weighted by atomic mass is 16.3. The molecule has 4 heteroatoms. The fourth-order valence-electron chi connectivity index (χ4n) is 8.20. The molecule has 0 amide bonds. The van der Waals surface area contributed by atoms with Gasteiger partial charge in [-0.05, 0) is 12.8 Å². The molecular formula is C42H84O4. The molecule has 1 rings (SSSR count). The van der Waals surface area contributed by atoms with Crippen LogP contribution < -0.4 is 0 Å². The molecule has 1 aliphatic carbocycles. The van der Waals surface area contributed by atoms with Gasteiger partial charge in [-0.1, -0.05) is 218 Å². The van der Waals surface area contributed by atoms with Gasteiger partial charge in [-0.25, -0.2) is 0 Å². The van der Waals surface area contributed by atoms with Gasteiger partial charge in [-0.2, -0.15) is 0 Å². The van der Waals surface area contributed by atoms with Gasteiger partial charge in [0.25, 0.3) is 0 Å². The maximum Gasteiger partial charge on any atom is 0.0516 e. The van der Waals surface area contributed by atoms with E-state index in [1.807, 2.05) is 0 Å². The number of hydrogen-bond acceptors (Lipinski definition) is 4. The van der Waals surface area contributed by atoms with Crippen molar-refractivity contribution in [2.45, 2.75) is 231 Å². The molecular weight excluding hydrogens is 568 g/mol. The third kappa shape index (κ3) is 21.0. The van der Waals surface area contributed by atoms with Crippen LogP contribution in [0.1, 0.15) is 231 Å². The predicted octanol–water partition coefficient (Wildman–Crippen LogP) is 12.0. The second kappa shape index (κ2) is 32.1. The van der Waals surface area contributed by atoms with Crippen molar-refractivity contribution in [3.05, 3.63) is 0 Å². The van der Waals surface area contributed by atoms with E-state index in [0.29, 0.717) is 12.8 Å². The molecule has 0 aromatic rings. The molecule has 1 aliphatic rings. The summed E-state index contributed by atoms with van der Waals surface area (Å²) in [5, 5.41) is 41.8. The van der Waals surface area contributed by atoms with Crippen molar-refractivity contribution in [3.8, 4) is 0 Å². The summed E-state index contributed by atoms with van der Waals surface area (Å²) >= 11 is 0. The van der Waals surface area contributed by atoms with Crippen LogP contribution in [0.2, 0.25) is 0 Å². The lowest BCUT2D eigenvalue weighted by atomic mass is 9.60. The van der Waals surface area contributed by atoms with Crippen LogP contribution in [0.25, 0.3) is 0 Å². The zero-order valence-electron chi connectivity index (χ0n) is 31.1. The summed E-state index contributed by atoms with van der Waals surface area (Å²) in [5.41, 5.74) is -1.63.